The van der Waals surface area contributed by atoms with Crippen molar-refractivity contribution >= 4 is 17.2 Å². The van der Waals surface area contributed by atoms with Gasteiger partial charge in [-0.2, -0.15) is 5.10 Å². The van der Waals surface area contributed by atoms with Crippen LogP contribution >= 0.6 is 11.3 Å². The number of aromatic amines is 1. The molecule has 2 aromatic carbocycles. The van der Waals surface area contributed by atoms with E-state index in [1.54, 1.807) is 73.6 Å². The van der Waals surface area contributed by atoms with E-state index in [9.17, 15) is 20.1 Å². The smallest absolute Gasteiger partial charge is 0.223 e. The summed E-state index contributed by atoms with van der Waals surface area (Å²) in [7, 11) is 0. The van der Waals surface area contributed by atoms with Crippen molar-refractivity contribution < 1.29 is 20.1 Å². The van der Waals surface area contributed by atoms with Crippen LogP contribution in [0.25, 0.3) is 11.3 Å². The van der Waals surface area contributed by atoms with Crippen LogP contribution in [0, 0.1) is 6.92 Å². The second-order valence-electron chi connectivity index (χ2n) is 11.7. The van der Waals surface area contributed by atoms with Gasteiger partial charge in [-0.05, 0) is 54.8 Å². The number of aliphatic hydroxyl groups excluding tert-OH is 1. The third kappa shape index (κ3) is 7.42. The Labute approximate surface area is 275 Å². The number of rotatable bonds is 13. The van der Waals surface area contributed by atoms with Crippen molar-refractivity contribution in [3.63, 3.8) is 0 Å². The van der Waals surface area contributed by atoms with E-state index < -0.39 is 12.0 Å². The maximum Gasteiger partial charge on any atom is 0.223 e. The van der Waals surface area contributed by atoms with Crippen LogP contribution < -0.4 is 5.73 Å². The maximum absolute atomic E-state index is 12.1. The van der Waals surface area contributed by atoms with Gasteiger partial charge in [0.05, 0.1) is 59.2 Å². The lowest BCUT2D eigenvalue weighted by Gasteiger charge is -2.15. The summed E-state index contributed by atoms with van der Waals surface area (Å²) in [5.41, 5.74) is 13.2. The topological polar surface area (TPSA) is 181 Å². The second-order valence-corrected chi connectivity index (χ2v) is 13.0. The van der Waals surface area contributed by atoms with E-state index in [1.165, 1.54) is 0 Å². The Hall–Kier alpha value is -5.27. The Morgan fingerprint density at radius 1 is 0.979 bits per heavy atom. The molecule has 0 saturated heterocycles. The monoisotopic (exact) mass is 652 g/mol. The number of primary amides is 1. The number of aliphatic hydroxyl groups is 1. The SMILES string of the molecule is Cc1nc(Cc2ccc(O)cc2Cn2cnc(-c3cn[nH]c3)c2CC(C)O)c(Cc2ncn(Cc3cccc(O)c3)c2CC(N)=O)s1. The molecule has 12 nitrogen and oxygen atoms in total. The first-order chi connectivity index (χ1) is 22.6. The van der Waals surface area contributed by atoms with Crippen LogP contribution in [0.4, 0.5) is 0 Å². The van der Waals surface area contributed by atoms with E-state index >= 15 is 0 Å². The molecule has 242 valence electrons. The minimum absolute atomic E-state index is 0.0316. The summed E-state index contributed by atoms with van der Waals surface area (Å²) in [5, 5.41) is 38.5. The number of carbonyl (C=O) groups is 1. The lowest BCUT2D eigenvalue weighted by Crippen LogP contribution is -2.18. The molecule has 4 aromatic heterocycles. The molecule has 1 amide bonds. The number of aromatic hydroxyl groups is 2. The molecular weight excluding hydrogens is 616 g/mol. The Bertz CT molecular complexity index is 2010. The van der Waals surface area contributed by atoms with E-state index in [-0.39, 0.29) is 17.9 Å². The molecular formula is C34H36N8O4S. The Balaban J connectivity index is 1.29. The minimum atomic E-state index is -0.580. The number of benzene rings is 2. The minimum Gasteiger partial charge on any atom is -0.508 e. The molecule has 0 aliphatic carbocycles. The molecule has 6 aromatic rings. The van der Waals surface area contributed by atoms with Crippen molar-refractivity contribution in [2.75, 3.05) is 0 Å². The lowest BCUT2D eigenvalue weighted by atomic mass is 10.00. The largest absolute Gasteiger partial charge is 0.508 e. The number of aryl methyl sites for hydroxylation is 1. The van der Waals surface area contributed by atoms with Crippen LogP contribution in [0.15, 0.2) is 67.5 Å². The fourth-order valence-corrected chi connectivity index (χ4v) is 6.81. The summed E-state index contributed by atoms with van der Waals surface area (Å²) >= 11 is 1.58. The highest BCUT2D eigenvalue weighted by molar-refractivity contribution is 7.11. The van der Waals surface area contributed by atoms with Crippen LogP contribution in [-0.4, -0.2) is 61.6 Å². The molecule has 13 heteroatoms. The molecule has 47 heavy (non-hydrogen) atoms. The zero-order chi connectivity index (χ0) is 33.1. The number of nitrogens with one attached hydrogen (secondary N) is 1. The van der Waals surface area contributed by atoms with Gasteiger partial charge in [-0.15, -0.1) is 11.3 Å². The van der Waals surface area contributed by atoms with Crippen molar-refractivity contribution in [2.45, 2.75) is 58.7 Å². The molecule has 1 atom stereocenters. The third-order valence-electron chi connectivity index (χ3n) is 7.95. The van der Waals surface area contributed by atoms with Gasteiger partial charge in [0, 0.05) is 54.7 Å². The Morgan fingerprint density at radius 3 is 2.51 bits per heavy atom. The molecule has 0 aliphatic heterocycles. The zero-order valence-corrected chi connectivity index (χ0v) is 26.9. The van der Waals surface area contributed by atoms with Gasteiger partial charge in [0.25, 0.3) is 0 Å². The third-order valence-corrected chi connectivity index (χ3v) is 8.96. The van der Waals surface area contributed by atoms with Crippen LogP contribution in [0.2, 0.25) is 0 Å². The molecule has 6 N–H and O–H groups in total. The molecule has 0 radical (unpaired) electrons. The van der Waals surface area contributed by atoms with Gasteiger partial charge in [-0.1, -0.05) is 18.2 Å². The Morgan fingerprint density at radius 2 is 1.77 bits per heavy atom. The lowest BCUT2D eigenvalue weighted by molar-refractivity contribution is -0.117. The van der Waals surface area contributed by atoms with Gasteiger partial charge in [-0.3, -0.25) is 9.89 Å². The molecule has 1 unspecified atom stereocenters. The van der Waals surface area contributed by atoms with E-state index in [0.29, 0.717) is 32.4 Å². The number of carbonyl (C=O) groups excluding carboxylic acids is 1. The van der Waals surface area contributed by atoms with Crippen LogP contribution in [0.5, 0.6) is 11.5 Å². The predicted molar refractivity (Wildman–Crippen MR) is 177 cm³/mol. The van der Waals surface area contributed by atoms with Crippen LogP contribution in [0.3, 0.4) is 0 Å². The fourth-order valence-electron chi connectivity index (χ4n) is 5.85. The van der Waals surface area contributed by atoms with Gasteiger partial charge in [0.1, 0.15) is 11.5 Å². The summed E-state index contributed by atoms with van der Waals surface area (Å²) in [6.07, 6.45) is 7.76. The number of nitrogens with zero attached hydrogens (tertiary/aromatic N) is 6. The Kier molecular flexibility index (Phi) is 9.18. The number of imidazole rings is 2. The molecule has 0 aliphatic rings. The van der Waals surface area contributed by atoms with Crippen molar-refractivity contribution in [1.82, 2.24) is 34.3 Å². The number of phenols is 2. The van der Waals surface area contributed by atoms with Gasteiger partial charge < -0.3 is 30.2 Å². The highest BCUT2D eigenvalue weighted by Gasteiger charge is 2.21. The normalized spacial score (nSPS) is 12.1. The molecule has 6 rings (SSSR count). The first-order valence-corrected chi connectivity index (χ1v) is 16.0. The number of hydrogen-bond acceptors (Lipinski definition) is 9. The number of hydrogen-bond donors (Lipinski definition) is 5. The highest BCUT2D eigenvalue weighted by atomic mass is 32.1. The quantitative estimate of drug-likeness (QED) is 0.125. The number of amides is 1. The van der Waals surface area contributed by atoms with Gasteiger partial charge in [0.2, 0.25) is 5.91 Å². The van der Waals surface area contributed by atoms with E-state index in [2.05, 4.69) is 20.2 Å². The van der Waals surface area contributed by atoms with E-state index in [0.717, 1.165) is 60.6 Å². The average Bonchev–Trinajstić information content (AvgIpc) is 3.81. The zero-order valence-electron chi connectivity index (χ0n) is 26.1. The number of nitrogens with two attached hydrogens (primary N) is 1. The number of phenolic OH excluding ortho intramolecular Hbond substituents is 2. The first-order valence-electron chi connectivity index (χ1n) is 15.2. The average molecular weight is 653 g/mol. The standard InChI is InChI=1S/C34H36N8O4S/c1-20(43)8-31-34(25-14-38-39-15-25)37-19-42(31)17-24-10-27(45)7-6-23(24)11-29-32(47-21(2)40-29)12-28-30(13-33(35)46)41(18-36-28)16-22-4-3-5-26(44)9-22/h3-7,9-10,14-15,18-20,43-45H,8,11-13,16-17H2,1-2H3,(H2,35,46)(H,38,39). The van der Waals surface area contributed by atoms with E-state index in [4.69, 9.17) is 10.7 Å². The second kappa shape index (κ2) is 13.6. The van der Waals surface area contributed by atoms with Crippen LogP contribution in [-0.2, 0) is 43.6 Å². The fraction of sp³-hybridized carbons (Fsp3) is 0.265. The highest BCUT2D eigenvalue weighted by Crippen LogP contribution is 2.29. The summed E-state index contributed by atoms with van der Waals surface area (Å²) in [6, 6.07) is 12.3. The molecule has 0 fully saturated rings. The van der Waals surface area contributed by atoms with Gasteiger partial charge in [0.15, 0.2) is 0 Å². The number of H-pyrrole nitrogens is 1. The number of thiazole rings is 1. The van der Waals surface area contributed by atoms with Crippen molar-refractivity contribution in [2.24, 2.45) is 5.73 Å². The molecule has 0 bridgehead atoms. The van der Waals surface area contributed by atoms with Gasteiger partial charge in [-0.25, -0.2) is 15.0 Å². The van der Waals surface area contributed by atoms with Crippen molar-refractivity contribution in [3.8, 4) is 22.8 Å². The summed E-state index contributed by atoms with van der Waals surface area (Å²) in [5.74, 6) is -0.133. The maximum atomic E-state index is 12.1. The molecule has 0 saturated carbocycles. The summed E-state index contributed by atoms with van der Waals surface area (Å²) in [6.45, 7) is 4.57. The first kappa shape index (κ1) is 31.7. The predicted octanol–water partition coefficient (Wildman–Crippen LogP) is 3.88. The summed E-state index contributed by atoms with van der Waals surface area (Å²) < 4.78 is 3.89. The van der Waals surface area contributed by atoms with Crippen LogP contribution in [0.1, 0.15) is 56.3 Å². The number of aromatic nitrogens is 7. The molecule has 0 spiro atoms. The summed E-state index contributed by atoms with van der Waals surface area (Å²) in [4.78, 5) is 27.3. The van der Waals surface area contributed by atoms with Gasteiger partial charge >= 0.3 is 0 Å². The molecule has 4 heterocycles. The van der Waals surface area contributed by atoms with Crippen molar-refractivity contribution in [1.29, 1.82) is 0 Å². The van der Waals surface area contributed by atoms with Crippen molar-refractivity contribution in [3.05, 3.63) is 117 Å². The van der Waals surface area contributed by atoms with E-state index in [1.807, 2.05) is 28.2 Å².